The van der Waals surface area contributed by atoms with Gasteiger partial charge in [-0.2, -0.15) is 0 Å². The van der Waals surface area contributed by atoms with Gasteiger partial charge in [0.05, 0.1) is 6.42 Å². The molecule has 0 saturated heterocycles. The first-order valence-electron chi connectivity index (χ1n) is 9.20. The molecule has 4 aromatic rings. The Hall–Kier alpha value is -3.87. The molecule has 29 heavy (non-hydrogen) atoms. The summed E-state index contributed by atoms with van der Waals surface area (Å²) in [4.78, 5) is 28.5. The van der Waals surface area contributed by atoms with Gasteiger partial charge in [0.25, 0.3) is 5.56 Å². The van der Waals surface area contributed by atoms with Crippen LogP contribution in [0.25, 0.3) is 5.65 Å². The maximum absolute atomic E-state index is 12.6. The molecule has 4 rings (SSSR count). The molecule has 0 aliphatic rings. The zero-order valence-electron chi connectivity index (χ0n) is 16.1. The third-order valence-electron chi connectivity index (χ3n) is 4.66. The van der Waals surface area contributed by atoms with E-state index in [1.165, 1.54) is 6.07 Å². The van der Waals surface area contributed by atoms with E-state index in [9.17, 15) is 9.59 Å². The van der Waals surface area contributed by atoms with Crippen molar-refractivity contribution in [1.82, 2.24) is 14.6 Å². The molecular formula is C22H20N4O3. The molecule has 146 valence electrons. The summed E-state index contributed by atoms with van der Waals surface area (Å²) in [6, 6.07) is 18.1. The number of benzene rings is 2. The fourth-order valence-corrected chi connectivity index (χ4v) is 3.21. The van der Waals surface area contributed by atoms with Crippen LogP contribution in [0.5, 0.6) is 11.5 Å². The molecule has 0 saturated carbocycles. The van der Waals surface area contributed by atoms with E-state index >= 15 is 0 Å². The summed E-state index contributed by atoms with van der Waals surface area (Å²) in [6.07, 6.45) is 0.156. The van der Waals surface area contributed by atoms with Crippen molar-refractivity contribution < 1.29 is 9.53 Å². The Kier molecular flexibility index (Phi) is 4.87. The van der Waals surface area contributed by atoms with Crippen LogP contribution >= 0.6 is 0 Å². The molecule has 1 amide bonds. The van der Waals surface area contributed by atoms with Gasteiger partial charge < -0.3 is 10.1 Å². The molecular weight excluding hydrogens is 368 g/mol. The number of carbonyl (C=O) groups excluding carboxylic acids is 1. The number of para-hydroxylation sites is 1. The van der Waals surface area contributed by atoms with Crippen LogP contribution in [-0.2, 0) is 11.2 Å². The molecule has 0 spiro atoms. The Labute approximate surface area is 167 Å². The lowest BCUT2D eigenvalue weighted by Gasteiger charge is -2.12. The van der Waals surface area contributed by atoms with Crippen LogP contribution in [0.2, 0.25) is 0 Å². The van der Waals surface area contributed by atoms with Gasteiger partial charge in [-0.15, -0.1) is 0 Å². The second kappa shape index (κ2) is 7.63. The standard InChI is InChI=1S/C22H20N4O3/c1-14-19(15(2)26-20(23-14)13-22(28)25-26)12-21(27)24-16-8-10-18(11-9-16)29-17-6-4-3-5-7-17/h3-11,13H,12H2,1-2H3,(H,24,27)(H,25,28). The first-order chi connectivity index (χ1) is 14.0. The average Bonchev–Trinajstić information content (AvgIpc) is 3.08. The van der Waals surface area contributed by atoms with Gasteiger partial charge in [-0.25, -0.2) is 9.50 Å². The second-order valence-corrected chi connectivity index (χ2v) is 6.74. The van der Waals surface area contributed by atoms with Gasteiger partial charge in [0.15, 0.2) is 5.65 Å². The minimum atomic E-state index is -0.223. The number of ether oxygens (including phenoxy) is 1. The van der Waals surface area contributed by atoms with Gasteiger partial charge in [-0.05, 0) is 50.2 Å². The maximum Gasteiger partial charge on any atom is 0.266 e. The molecule has 2 N–H and O–H groups in total. The van der Waals surface area contributed by atoms with E-state index in [2.05, 4.69) is 15.4 Å². The summed E-state index contributed by atoms with van der Waals surface area (Å²) >= 11 is 0. The molecule has 0 fully saturated rings. The van der Waals surface area contributed by atoms with Crippen LogP contribution in [0.3, 0.4) is 0 Å². The van der Waals surface area contributed by atoms with Gasteiger partial charge in [0, 0.05) is 28.7 Å². The lowest BCUT2D eigenvalue weighted by Crippen LogP contribution is -2.17. The van der Waals surface area contributed by atoms with E-state index in [1.54, 1.807) is 28.8 Å². The lowest BCUT2D eigenvalue weighted by molar-refractivity contribution is -0.115. The number of hydrogen-bond acceptors (Lipinski definition) is 4. The monoisotopic (exact) mass is 388 g/mol. The average molecular weight is 388 g/mol. The van der Waals surface area contributed by atoms with Crippen LogP contribution in [0.15, 0.2) is 65.5 Å². The molecule has 0 atom stereocenters. The van der Waals surface area contributed by atoms with Gasteiger partial charge >= 0.3 is 0 Å². The summed E-state index contributed by atoms with van der Waals surface area (Å²) in [5, 5.41) is 5.58. The minimum Gasteiger partial charge on any atom is -0.457 e. The first kappa shape index (κ1) is 18.5. The summed E-state index contributed by atoms with van der Waals surface area (Å²) < 4.78 is 7.36. The van der Waals surface area contributed by atoms with Crippen LogP contribution in [0, 0.1) is 13.8 Å². The smallest absolute Gasteiger partial charge is 0.266 e. The quantitative estimate of drug-likeness (QED) is 0.547. The van der Waals surface area contributed by atoms with Crippen molar-refractivity contribution in [3.63, 3.8) is 0 Å². The zero-order chi connectivity index (χ0) is 20.4. The van der Waals surface area contributed by atoms with Crippen molar-refractivity contribution in [2.75, 3.05) is 5.32 Å². The molecule has 0 aliphatic carbocycles. The fraction of sp³-hybridized carbons (Fsp3) is 0.136. The number of amides is 1. The zero-order valence-corrected chi connectivity index (χ0v) is 16.1. The van der Waals surface area contributed by atoms with Crippen molar-refractivity contribution >= 4 is 17.2 Å². The number of hydrogen-bond donors (Lipinski definition) is 2. The molecule has 2 aromatic carbocycles. The third-order valence-corrected chi connectivity index (χ3v) is 4.66. The summed E-state index contributed by atoms with van der Waals surface area (Å²) in [7, 11) is 0. The number of rotatable bonds is 5. The predicted octanol–water partition coefficient (Wildman–Crippen LogP) is 3.61. The number of fused-ring (bicyclic) bond motifs is 1. The number of nitrogens with one attached hydrogen (secondary N) is 2. The largest absolute Gasteiger partial charge is 0.457 e. The number of H-pyrrole nitrogens is 1. The van der Waals surface area contributed by atoms with E-state index in [4.69, 9.17) is 4.74 Å². The minimum absolute atomic E-state index is 0.156. The van der Waals surface area contributed by atoms with Crippen molar-refractivity contribution in [2.24, 2.45) is 0 Å². The molecule has 2 aromatic heterocycles. The Bertz CT molecular complexity index is 1220. The Morgan fingerprint density at radius 1 is 1.07 bits per heavy atom. The Morgan fingerprint density at radius 3 is 2.48 bits per heavy atom. The molecule has 7 heteroatoms. The van der Waals surface area contributed by atoms with Crippen molar-refractivity contribution in [3.05, 3.63) is 88.0 Å². The molecule has 0 aliphatic heterocycles. The number of nitrogens with zero attached hydrogens (tertiary/aromatic N) is 2. The second-order valence-electron chi connectivity index (χ2n) is 6.74. The highest BCUT2D eigenvalue weighted by Crippen LogP contribution is 2.23. The van der Waals surface area contributed by atoms with Crippen molar-refractivity contribution in [3.8, 4) is 11.5 Å². The van der Waals surface area contributed by atoms with Crippen LogP contribution in [-0.4, -0.2) is 20.5 Å². The Balaban J connectivity index is 1.46. The number of anilines is 1. The Morgan fingerprint density at radius 2 is 1.76 bits per heavy atom. The maximum atomic E-state index is 12.6. The first-order valence-corrected chi connectivity index (χ1v) is 9.20. The third kappa shape index (κ3) is 4.03. The highest BCUT2D eigenvalue weighted by Gasteiger charge is 2.14. The number of carbonyl (C=O) groups is 1. The SMILES string of the molecule is Cc1nc2cc(=O)[nH]n2c(C)c1CC(=O)Nc1ccc(Oc2ccccc2)cc1. The van der Waals surface area contributed by atoms with Gasteiger partial charge in [-0.3, -0.25) is 14.7 Å². The van der Waals surface area contributed by atoms with E-state index < -0.39 is 0 Å². The fourth-order valence-electron chi connectivity index (χ4n) is 3.21. The lowest BCUT2D eigenvalue weighted by atomic mass is 10.1. The van der Waals surface area contributed by atoms with Crippen molar-refractivity contribution in [2.45, 2.75) is 20.3 Å². The van der Waals surface area contributed by atoms with Crippen LogP contribution in [0.1, 0.15) is 17.0 Å². The number of aromatic amines is 1. The van der Waals surface area contributed by atoms with E-state index in [1.807, 2.05) is 44.2 Å². The summed E-state index contributed by atoms with van der Waals surface area (Å²) in [6.45, 7) is 3.69. The van der Waals surface area contributed by atoms with Gasteiger partial charge in [0.1, 0.15) is 11.5 Å². The molecule has 0 unspecified atom stereocenters. The molecule has 7 nitrogen and oxygen atoms in total. The molecule has 0 radical (unpaired) electrons. The van der Waals surface area contributed by atoms with Crippen molar-refractivity contribution in [1.29, 1.82) is 0 Å². The summed E-state index contributed by atoms with van der Waals surface area (Å²) in [5.41, 5.74) is 3.29. The highest BCUT2D eigenvalue weighted by molar-refractivity contribution is 5.92. The molecule has 2 heterocycles. The summed E-state index contributed by atoms with van der Waals surface area (Å²) in [5.74, 6) is 1.27. The molecule has 0 bridgehead atoms. The number of aromatic nitrogens is 3. The van der Waals surface area contributed by atoms with Crippen LogP contribution < -0.4 is 15.6 Å². The topological polar surface area (TPSA) is 88.5 Å². The highest BCUT2D eigenvalue weighted by atomic mass is 16.5. The predicted molar refractivity (Wildman–Crippen MR) is 111 cm³/mol. The van der Waals surface area contributed by atoms with E-state index in [0.717, 1.165) is 22.7 Å². The normalized spacial score (nSPS) is 10.8. The van der Waals surface area contributed by atoms with E-state index in [-0.39, 0.29) is 17.9 Å². The van der Waals surface area contributed by atoms with E-state index in [0.29, 0.717) is 17.1 Å². The number of aryl methyl sites for hydroxylation is 2. The van der Waals surface area contributed by atoms with Gasteiger partial charge in [0.2, 0.25) is 5.91 Å². The van der Waals surface area contributed by atoms with Gasteiger partial charge in [-0.1, -0.05) is 18.2 Å². The van der Waals surface area contributed by atoms with Crippen LogP contribution in [0.4, 0.5) is 5.69 Å².